The zero-order chi connectivity index (χ0) is 12.4. The van der Waals surface area contributed by atoms with Gasteiger partial charge in [-0.15, -0.1) is 0 Å². The Hall–Kier alpha value is -1.03. The first-order chi connectivity index (χ1) is 8.76. The Bertz CT molecular complexity index is 467. The summed E-state index contributed by atoms with van der Waals surface area (Å²) in [5.41, 5.74) is 0.951. The molecule has 1 aromatic rings. The van der Waals surface area contributed by atoms with E-state index in [9.17, 15) is 4.39 Å². The van der Waals surface area contributed by atoms with E-state index in [1.807, 2.05) is 6.07 Å². The smallest absolute Gasteiger partial charge is 0.161 e. The monoisotopic (exact) mass is 264 g/mol. The number of hydrogen-bond donors (Lipinski definition) is 1. The highest BCUT2D eigenvalue weighted by molar-refractivity contribution is 8.14. The van der Waals surface area contributed by atoms with Gasteiger partial charge >= 0.3 is 0 Å². The van der Waals surface area contributed by atoms with Crippen LogP contribution in [0, 0.1) is 5.82 Å². The summed E-state index contributed by atoms with van der Waals surface area (Å²) >= 11 is 1.76. The van der Waals surface area contributed by atoms with E-state index in [2.05, 4.69) is 5.32 Å². The van der Waals surface area contributed by atoms with E-state index in [0.29, 0.717) is 0 Å². The van der Waals surface area contributed by atoms with Gasteiger partial charge in [0.15, 0.2) is 5.17 Å². The van der Waals surface area contributed by atoms with Crippen molar-refractivity contribution in [1.29, 1.82) is 0 Å². The van der Waals surface area contributed by atoms with Crippen LogP contribution in [0.3, 0.4) is 0 Å². The van der Waals surface area contributed by atoms with Crippen molar-refractivity contribution in [3.63, 3.8) is 0 Å². The van der Waals surface area contributed by atoms with Crippen LogP contribution in [0.5, 0.6) is 0 Å². The predicted molar refractivity (Wildman–Crippen MR) is 75.7 cm³/mol. The number of nitrogens with one attached hydrogen (secondary N) is 1. The molecule has 1 saturated carbocycles. The lowest BCUT2D eigenvalue weighted by Crippen LogP contribution is -2.29. The van der Waals surface area contributed by atoms with Crippen LogP contribution in [0.1, 0.15) is 32.1 Å². The zero-order valence-corrected chi connectivity index (χ0v) is 11.1. The number of benzene rings is 1. The van der Waals surface area contributed by atoms with Crippen LogP contribution in [0.4, 0.5) is 10.1 Å². The fraction of sp³-hybridized carbons (Fsp3) is 0.500. The van der Waals surface area contributed by atoms with E-state index in [-0.39, 0.29) is 11.4 Å². The number of amidine groups is 1. The number of aliphatic imine (C=N–C) groups is 1. The second-order valence-corrected chi connectivity index (χ2v) is 6.09. The Morgan fingerprint density at radius 2 is 2.06 bits per heavy atom. The van der Waals surface area contributed by atoms with Crippen molar-refractivity contribution in [2.24, 2.45) is 4.99 Å². The van der Waals surface area contributed by atoms with Crippen LogP contribution in [-0.4, -0.2) is 16.5 Å². The summed E-state index contributed by atoms with van der Waals surface area (Å²) in [6.45, 7) is 0. The summed E-state index contributed by atoms with van der Waals surface area (Å²) < 4.78 is 13.1. The van der Waals surface area contributed by atoms with E-state index in [0.717, 1.165) is 16.6 Å². The molecule has 0 radical (unpaired) electrons. The first-order valence-electron chi connectivity index (χ1n) is 6.51. The molecular formula is C14H17FN2S. The highest BCUT2D eigenvalue weighted by atomic mass is 32.2. The van der Waals surface area contributed by atoms with Crippen LogP contribution in [0.25, 0.3) is 0 Å². The summed E-state index contributed by atoms with van der Waals surface area (Å²) in [6.07, 6.45) is 6.33. The lowest BCUT2D eigenvalue weighted by Gasteiger charge is -2.29. The molecule has 1 heterocycles. The van der Waals surface area contributed by atoms with Gasteiger partial charge < -0.3 is 5.32 Å². The van der Waals surface area contributed by atoms with Crippen molar-refractivity contribution in [2.75, 3.05) is 11.1 Å². The van der Waals surface area contributed by atoms with Gasteiger partial charge in [-0.2, -0.15) is 0 Å². The maximum atomic E-state index is 13.1. The Labute approximate surface area is 111 Å². The topological polar surface area (TPSA) is 24.4 Å². The Morgan fingerprint density at radius 3 is 2.83 bits per heavy atom. The minimum absolute atomic E-state index is 0.165. The maximum Gasteiger partial charge on any atom is 0.161 e. The minimum atomic E-state index is -0.212. The molecule has 3 rings (SSSR count). The first-order valence-corrected chi connectivity index (χ1v) is 7.50. The molecule has 0 unspecified atom stereocenters. The number of anilines is 1. The molecular weight excluding hydrogens is 247 g/mol. The number of thioether (sulfide) groups is 1. The van der Waals surface area contributed by atoms with E-state index in [4.69, 9.17) is 4.99 Å². The Kier molecular flexibility index (Phi) is 3.29. The fourth-order valence-electron chi connectivity index (χ4n) is 2.70. The van der Waals surface area contributed by atoms with E-state index in [1.165, 1.54) is 44.2 Å². The number of nitrogens with zero attached hydrogens (tertiary/aromatic N) is 1. The zero-order valence-electron chi connectivity index (χ0n) is 10.3. The minimum Gasteiger partial charge on any atom is -0.335 e. The van der Waals surface area contributed by atoms with Crippen molar-refractivity contribution in [1.82, 2.24) is 0 Å². The van der Waals surface area contributed by atoms with Gasteiger partial charge in [0.1, 0.15) is 5.82 Å². The SMILES string of the molecule is Fc1cccc(NC2=NC3(CCCCC3)CS2)c1. The second-order valence-electron chi connectivity index (χ2n) is 5.13. The summed E-state index contributed by atoms with van der Waals surface area (Å²) in [4.78, 5) is 4.85. The largest absolute Gasteiger partial charge is 0.335 e. The van der Waals surface area contributed by atoms with Crippen molar-refractivity contribution < 1.29 is 4.39 Å². The van der Waals surface area contributed by atoms with Crippen LogP contribution in [0.2, 0.25) is 0 Å². The van der Waals surface area contributed by atoms with Crippen LogP contribution < -0.4 is 5.32 Å². The second kappa shape index (κ2) is 4.92. The molecule has 1 N–H and O–H groups in total. The predicted octanol–water partition coefficient (Wildman–Crippen LogP) is 4.04. The van der Waals surface area contributed by atoms with Crippen molar-refractivity contribution in [3.05, 3.63) is 30.1 Å². The molecule has 0 atom stereocenters. The first kappa shape index (κ1) is 12.0. The van der Waals surface area contributed by atoms with Gasteiger partial charge in [0.05, 0.1) is 5.54 Å². The summed E-state index contributed by atoms with van der Waals surface area (Å²) in [7, 11) is 0. The third-order valence-electron chi connectivity index (χ3n) is 3.68. The normalized spacial score (nSPS) is 21.9. The molecule has 18 heavy (non-hydrogen) atoms. The van der Waals surface area contributed by atoms with Gasteiger partial charge in [0.25, 0.3) is 0 Å². The third kappa shape index (κ3) is 2.53. The Balaban J connectivity index is 1.72. The molecule has 2 nitrogen and oxygen atoms in total. The summed E-state index contributed by atoms with van der Waals surface area (Å²) in [6, 6.07) is 6.55. The van der Waals surface area contributed by atoms with Crippen LogP contribution in [-0.2, 0) is 0 Å². The maximum absolute atomic E-state index is 13.1. The number of halogens is 1. The van der Waals surface area contributed by atoms with E-state index < -0.39 is 0 Å². The highest BCUT2D eigenvalue weighted by Crippen LogP contribution is 2.39. The summed E-state index contributed by atoms with van der Waals surface area (Å²) in [5, 5.41) is 4.17. The molecule has 1 spiro atoms. The van der Waals surface area contributed by atoms with Gasteiger partial charge in [-0.3, -0.25) is 4.99 Å². The quantitative estimate of drug-likeness (QED) is 0.827. The average molecular weight is 264 g/mol. The molecule has 1 aliphatic heterocycles. The standard InChI is InChI=1S/C14H17FN2S/c15-11-5-4-6-12(9-11)16-13-17-14(10-18-13)7-2-1-3-8-14/h4-6,9H,1-3,7-8,10H2,(H,16,17). The molecule has 0 saturated heterocycles. The number of rotatable bonds is 1. The van der Waals surface area contributed by atoms with Gasteiger partial charge in [0, 0.05) is 11.4 Å². The van der Waals surface area contributed by atoms with Gasteiger partial charge in [0.2, 0.25) is 0 Å². The molecule has 96 valence electrons. The summed E-state index contributed by atoms with van der Waals surface area (Å²) in [5.74, 6) is 0.862. The van der Waals surface area contributed by atoms with E-state index >= 15 is 0 Å². The van der Waals surface area contributed by atoms with Crippen molar-refractivity contribution >= 4 is 22.6 Å². The highest BCUT2D eigenvalue weighted by Gasteiger charge is 2.36. The van der Waals surface area contributed by atoms with Crippen molar-refractivity contribution in [2.45, 2.75) is 37.6 Å². The average Bonchev–Trinajstić information content (AvgIpc) is 2.73. The molecule has 0 amide bonds. The molecule has 0 aromatic heterocycles. The van der Waals surface area contributed by atoms with E-state index in [1.54, 1.807) is 17.8 Å². The van der Waals surface area contributed by atoms with Gasteiger partial charge in [-0.1, -0.05) is 37.1 Å². The third-order valence-corrected chi connectivity index (χ3v) is 4.82. The molecule has 4 heteroatoms. The molecule has 1 aliphatic carbocycles. The molecule has 2 aliphatic rings. The lowest BCUT2D eigenvalue weighted by molar-refractivity contribution is 0.335. The van der Waals surface area contributed by atoms with Crippen LogP contribution >= 0.6 is 11.8 Å². The lowest BCUT2D eigenvalue weighted by atomic mass is 9.84. The van der Waals surface area contributed by atoms with Gasteiger partial charge in [-0.25, -0.2) is 4.39 Å². The molecule has 1 fully saturated rings. The fourth-order valence-corrected chi connectivity index (χ4v) is 3.91. The molecule has 0 bridgehead atoms. The number of hydrogen-bond acceptors (Lipinski definition) is 3. The Morgan fingerprint density at radius 1 is 1.22 bits per heavy atom. The van der Waals surface area contributed by atoms with Gasteiger partial charge in [-0.05, 0) is 31.0 Å². The van der Waals surface area contributed by atoms with Crippen molar-refractivity contribution in [3.8, 4) is 0 Å². The molecule has 1 aromatic carbocycles. The van der Waals surface area contributed by atoms with Crippen LogP contribution in [0.15, 0.2) is 29.3 Å².